The average molecular weight is 387 g/mol. The summed E-state index contributed by atoms with van der Waals surface area (Å²) in [5.41, 5.74) is -0.254. The highest BCUT2D eigenvalue weighted by molar-refractivity contribution is 6.77. The number of carbonyl (C=O) groups excluding carboxylic acids is 1. The van der Waals surface area contributed by atoms with Crippen LogP contribution in [-0.2, 0) is 9.53 Å². The lowest BCUT2D eigenvalue weighted by Crippen LogP contribution is -2.45. The molecule has 0 atom stereocenters. The van der Waals surface area contributed by atoms with Crippen molar-refractivity contribution >= 4 is 37.1 Å². The third-order valence-electron chi connectivity index (χ3n) is 4.54. The van der Waals surface area contributed by atoms with Crippen LogP contribution in [0.25, 0.3) is 0 Å². The Morgan fingerprint density at radius 1 is 1.48 bits per heavy atom. The second-order valence-corrected chi connectivity index (χ2v) is 12.6. The largest absolute Gasteiger partial charge is 0.465 e. The normalized spacial score (nSPS) is 17.1. The van der Waals surface area contributed by atoms with Crippen molar-refractivity contribution in [3.63, 3.8) is 0 Å². The van der Waals surface area contributed by atoms with Crippen LogP contribution in [0.5, 0.6) is 0 Å². The van der Waals surface area contributed by atoms with Gasteiger partial charge in [0.1, 0.15) is 12.7 Å². The molecule has 25 heavy (non-hydrogen) atoms. The van der Waals surface area contributed by atoms with E-state index in [1.807, 2.05) is 0 Å². The molecule has 1 saturated heterocycles. The van der Waals surface area contributed by atoms with Gasteiger partial charge < -0.3 is 9.64 Å². The molecule has 1 aromatic heterocycles. The van der Waals surface area contributed by atoms with E-state index in [9.17, 15) is 14.9 Å². The highest BCUT2D eigenvalue weighted by Crippen LogP contribution is 2.35. The van der Waals surface area contributed by atoms with E-state index in [1.165, 1.54) is 0 Å². The van der Waals surface area contributed by atoms with E-state index in [-0.39, 0.29) is 36.0 Å². The quantitative estimate of drug-likeness (QED) is 0.243. The number of nitrogens with zero attached hydrogens (tertiary/aromatic N) is 4. The molecule has 0 aromatic carbocycles. The first-order chi connectivity index (χ1) is 11.7. The van der Waals surface area contributed by atoms with E-state index in [2.05, 4.69) is 23.1 Å². The predicted molar refractivity (Wildman–Crippen MR) is 97.8 cm³/mol. The first-order valence-corrected chi connectivity index (χ1v) is 12.1. The summed E-state index contributed by atoms with van der Waals surface area (Å²) in [5.74, 6) is -0.349. The molecule has 1 aliphatic heterocycles. The summed E-state index contributed by atoms with van der Waals surface area (Å²) in [6.07, 6.45) is 2.83. The van der Waals surface area contributed by atoms with Crippen LogP contribution in [0.3, 0.4) is 0 Å². The Morgan fingerprint density at radius 3 is 2.68 bits per heavy atom. The molecule has 2 heterocycles. The van der Waals surface area contributed by atoms with Crippen molar-refractivity contribution in [3.05, 3.63) is 21.6 Å². The standard InChI is InChI=1S/C15H23ClN4O4Si/c1-4-24-13(21)10-19(11-5-7-25(2,3)8-6-11)14-12(20(22)23)9-17-15(16)18-14/h9,11H,4-8,10H2,1-3H3. The van der Waals surface area contributed by atoms with Gasteiger partial charge in [0.25, 0.3) is 0 Å². The van der Waals surface area contributed by atoms with E-state index in [4.69, 9.17) is 16.3 Å². The minimum atomic E-state index is -1.22. The van der Waals surface area contributed by atoms with Crippen LogP contribution in [0.15, 0.2) is 6.20 Å². The Labute approximate surface area is 152 Å². The van der Waals surface area contributed by atoms with Crippen LogP contribution in [-0.4, -0.2) is 48.1 Å². The topological polar surface area (TPSA) is 98.5 Å². The number of aromatic nitrogens is 2. The molecule has 1 fully saturated rings. The zero-order chi connectivity index (χ0) is 18.6. The predicted octanol–water partition coefficient (Wildman–Crippen LogP) is 3.28. The fourth-order valence-corrected chi connectivity index (χ4v) is 5.71. The van der Waals surface area contributed by atoms with Crippen LogP contribution in [0, 0.1) is 10.1 Å². The third-order valence-corrected chi connectivity index (χ3v) is 8.01. The maximum atomic E-state index is 12.1. The lowest BCUT2D eigenvalue weighted by atomic mass is 10.1. The number of hydrogen-bond donors (Lipinski definition) is 0. The summed E-state index contributed by atoms with van der Waals surface area (Å²) in [7, 11) is -1.22. The summed E-state index contributed by atoms with van der Waals surface area (Å²) in [4.78, 5) is 32.3. The first kappa shape index (κ1) is 19.6. The van der Waals surface area contributed by atoms with Crippen LogP contribution in [0.1, 0.15) is 19.8 Å². The molecule has 2 rings (SSSR count). The fourth-order valence-electron chi connectivity index (χ4n) is 3.10. The summed E-state index contributed by atoms with van der Waals surface area (Å²) in [6.45, 7) is 6.56. The van der Waals surface area contributed by atoms with Crippen molar-refractivity contribution in [1.29, 1.82) is 0 Å². The monoisotopic (exact) mass is 386 g/mol. The summed E-state index contributed by atoms with van der Waals surface area (Å²) in [6, 6.07) is 2.20. The van der Waals surface area contributed by atoms with Crippen LogP contribution in [0.2, 0.25) is 30.5 Å². The highest BCUT2D eigenvalue weighted by Gasteiger charge is 2.35. The summed E-state index contributed by atoms with van der Waals surface area (Å²) in [5, 5.41) is 11.3. The number of halogens is 1. The maximum Gasteiger partial charge on any atom is 0.329 e. The second kappa shape index (κ2) is 8.09. The molecule has 0 unspecified atom stereocenters. The van der Waals surface area contributed by atoms with Crippen LogP contribution < -0.4 is 4.90 Å². The lowest BCUT2D eigenvalue weighted by molar-refractivity contribution is -0.384. The zero-order valence-corrected chi connectivity index (χ0v) is 16.5. The first-order valence-electron chi connectivity index (χ1n) is 8.32. The van der Waals surface area contributed by atoms with Gasteiger partial charge in [-0.3, -0.25) is 14.9 Å². The Kier molecular flexibility index (Phi) is 6.34. The van der Waals surface area contributed by atoms with E-state index in [0.717, 1.165) is 31.1 Å². The van der Waals surface area contributed by atoms with Gasteiger partial charge in [-0.25, -0.2) is 4.98 Å². The van der Waals surface area contributed by atoms with E-state index >= 15 is 0 Å². The number of ether oxygens (including phenoxy) is 1. The summed E-state index contributed by atoms with van der Waals surface area (Å²) < 4.78 is 5.04. The molecule has 0 aliphatic carbocycles. The van der Waals surface area contributed by atoms with Gasteiger partial charge in [0, 0.05) is 14.1 Å². The van der Waals surface area contributed by atoms with Gasteiger partial charge in [-0.15, -0.1) is 0 Å². The van der Waals surface area contributed by atoms with Crippen molar-refractivity contribution in [1.82, 2.24) is 9.97 Å². The molecule has 0 bridgehead atoms. The molecule has 10 heteroatoms. The molecule has 0 saturated carbocycles. The van der Waals surface area contributed by atoms with E-state index in [0.29, 0.717) is 0 Å². The number of nitro groups is 1. The van der Waals surface area contributed by atoms with Gasteiger partial charge in [0.15, 0.2) is 0 Å². The molecule has 0 spiro atoms. The minimum absolute atomic E-state index is 0.00500. The fraction of sp³-hybridized carbons (Fsp3) is 0.667. The minimum Gasteiger partial charge on any atom is -0.465 e. The van der Waals surface area contributed by atoms with Crippen molar-refractivity contribution in [2.24, 2.45) is 0 Å². The second-order valence-electron chi connectivity index (χ2n) is 6.93. The molecule has 0 radical (unpaired) electrons. The van der Waals surface area contributed by atoms with Gasteiger partial charge in [0.05, 0.1) is 11.5 Å². The lowest BCUT2D eigenvalue weighted by Gasteiger charge is -2.39. The Hall–Kier alpha value is -1.74. The molecule has 138 valence electrons. The number of hydrogen-bond acceptors (Lipinski definition) is 7. The molecule has 1 aromatic rings. The average Bonchev–Trinajstić information content (AvgIpc) is 2.53. The molecule has 8 nitrogen and oxygen atoms in total. The Morgan fingerprint density at radius 2 is 2.12 bits per heavy atom. The van der Waals surface area contributed by atoms with Gasteiger partial charge in [0.2, 0.25) is 11.1 Å². The molecule has 1 aliphatic rings. The third kappa shape index (κ3) is 5.11. The molecular weight excluding hydrogens is 364 g/mol. The van der Waals surface area contributed by atoms with Crippen LogP contribution in [0.4, 0.5) is 11.5 Å². The Bertz CT molecular complexity index is 648. The van der Waals surface area contributed by atoms with Crippen molar-refractivity contribution in [3.8, 4) is 0 Å². The molecule has 0 amide bonds. The number of rotatable bonds is 6. The van der Waals surface area contributed by atoms with Crippen molar-refractivity contribution in [2.45, 2.75) is 51.0 Å². The molecular formula is C15H23ClN4O4Si. The number of carbonyl (C=O) groups is 1. The highest BCUT2D eigenvalue weighted by atomic mass is 35.5. The van der Waals surface area contributed by atoms with Gasteiger partial charge in [-0.2, -0.15) is 4.98 Å². The Balaban J connectivity index is 2.36. The van der Waals surface area contributed by atoms with Gasteiger partial charge >= 0.3 is 11.7 Å². The van der Waals surface area contributed by atoms with E-state index < -0.39 is 19.0 Å². The number of esters is 1. The molecule has 0 N–H and O–H groups in total. The van der Waals surface area contributed by atoms with Crippen molar-refractivity contribution < 1.29 is 14.5 Å². The van der Waals surface area contributed by atoms with E-state index in [1.54, 1.807) is 11.8 Å². The van der Waals surface area contributed by atoms with Gasteiger partial charge in [-0.1, -0.05) is 25.2 Å². The summed E-state index contributed by atoms with van der Waals surface area (Å²) >= 11 is 5.87. The van der Waals surface area contributed by atoms with Gasteiger partial charge in [-0.05, 0) is 31.4 Å². The van der Waals surface area contributed by atoms with Crippen molar-refractivity contribution in [2.75, 3.05) is 18.1 Å². The number of anilines is 1. The maximum absolute atomic E-state index is 12.1. The zero-order valence-electron chi connectivity index (χ0n) is 14.7. The smallest absolute Gasteiger partial charge is 0.329 e. The SMILES string of the molecule is CCOC(=O)CN(c1nc(Cl)ncc1[N+](=O)[O-])C1CC[Si](C)(C)CC1. The van der Waals surface area contributed by atoms with Crippen LogP contribution >= 0.6 is 11.6 Å².